The molecule has 0 amide bonds. The Morgan fingerprint density at radius 2 is 2.15 bits per heavy atom. The molecule has 0 aliphatic carbocycles. The summed E-state index contributed by atoms with van der Waals surface area (Å²) in [6.45, 7) is 2.46. The van der Waals surface area contributed by atoms with Crippen LogP contribution in [0.1, 0.15) is 25.7 Å². The van der Waals surface area contributed by atoms with E-state index in [1.54, 1.807) is 0 Å². The van der Waals surface area contributed by atoms with E-state index in [-0.39, 0.29) is 6.42 Å². The third-order valence-electron chi connectivity index (χ3n) is 2.22. The Hall–Kier alpha value is -0.610. The van der Waals surface area contributed by atoms with E-state index in [0.29, 0.717) is 12.5 Å². The molecular weight excluding hydrogens is 170 g/mol. The number of hydrogen-bond acceptors (Lipinski definition) is 3. The molecule has 0 atom stereocenters. The standard InChI is InChI=1S/C9H17NO3/c11-9(12)2-1-5-10-8-3-6-13-7-4-8/h8,10H,1-7H2,(H,11,12). The first-order chi connectivity index (χ1) is 6.29. The number of hydrogen-bond donors (Lipinski definition) is 2. The summed E-state index contributed by atoms with van der Waals surface area (Å²) in [6.07, 6.45) is 3.07. The maximum Gasteiger partial charge on any atom is 0.303 e. The number of aliphatic carboxylic acids is 1. The summed E-state index contributed by atoms with van der Waals surface area (Å²) in [5.74, 6) is -0.714. The SMILES string of the molecule is O=C(O)CCCNC1CCOCC1. The third-order valence-corrected chi connectivity index (χ3v) is 2.22. The molecule has 0 unspecified atom stereocenters. The Bertz CT molecular complexity index is 155. The van der Waals surface area contributed by atoms with Crippen LogP contribution in [0.15, 0.2) is 0 Å². The highest BCUT2D eigenvalue weighted by Gasteiger charge is 2.12. The maximum absolute atomic E-state index is 10.2. The van der Waals surface area contributed by atoms with E-state index in [4.69, 9.17) is 9.84 Å². The van der Waals surface area contributed by atoms with Crippen LogP contribution < -0.4 is 5.32 Å². The quantitative estimate of drug-likeness (QED) is 0.619. The smallest absolute Gasteiger partial charge is 0.303 e. The fraction of sp³-hybridized carbons (Fsp3) is 0.889. The van der Waals surface area contributed by atoms with Crippen molar-refractivity contribution in [1.82, 2.24) is 5.32 Å². The first-order valence-corrected chi connectivity index (χ1v) is 4.82. The molecule has 0 radical (unpaired) electrons. The van der Waals surface area contributed by atoms with Crippen molar-refractivity contribution in [3.63, 3.8) is 0 Å². The van der Waals surface area contributed by atoms with Gasteiger partial charge >= 0.3 is 5.97 Å². The van der Waals surface area contributed by atoms with Gasteiger partial charge in [0.25, 0.3) is 0 Å². The second kappa shape index (κ2) is 5.94. The summed E-state index contributed by atoms with van der Waals surface area (Å²) < 4.78 is 5.21. The van der Waals surface area contributed by atoms with Crippen LogP contribution in [0.3, 0.4) is 0 Å². The van der Waals surface area contributed by atoms with Gasteiger partial charge in [-0.15, -0.1) is 0 Å². The number of carboxylic acids is 1. The lowest BCUT2D eigenvalue weighted by Gasteiger charge is -2.22. The molecule has 1 fully saturated rings. The maximum atomic E-state index is 10.2. The predicted molar refractivity (Wildman–Crippen MR) is 48.7 cm³/mol. The van der Waals surface area contributed by atoms with Crippen molar-refractivity contribution in [2.75, 3.05) is 19.8 Å². The topological polar surface area (TPSA) is 58.6 Å². The average molecular weight is 187 g/mol. The Morgan fingerprint density at radius 3 is 2.77 bits per heavy atom. The molecule has 4 nitrogen and oxygen atoms in total. The summed E-state index contributed by atoms with van der Waals surface area (Å²) >= 11 is 0. The summed E-state index contributed by atoms with van der Waals surface area (Å²) in [7, 11) is 0. The molecule has 1 saturated heterocycles. The molecule has 0 spiro atoms. The number of ether oxygens (including phenoxy) is 1. The van der Waals surface area contributed by atoms with Crippen LogP contribution in [0.2, 0.25) is 0 Å². The summed E-state index contributed by atoms with van der Waals surface area (Å²) in [5, 5.41) is 11.7. The van der Waals surface area contributed by atoms with Crippen molar-refractivity contribution in [2.45, 2.75) is 31.7 Å². The minimum absolute atomic E-state index is 0.260. The molecule has 0 bridgehead atoms. The molecule has 1 heterocycles. The van der Waals surface area contributed by atoms with Crippen LogP contribution in [0.25, 0.3) is 0 Å². The summed E-state index contributed by atoms with van der Waals surface area (Å²) in [5.41, 5.74) is 0. The molecule has 13 heavy (non-hydrogen) atoms. The minimum atomic E-state index is -0.714. The predicted octanol–water partition coefficient (Wildman–Crippen LogP) is 0.620. The van der Waals surface area contributed by atoms with Crippen molar-refractivity contribution < 1.29 is 14.6 Å². The van der Waals surface area contributed by atoms with Gasteiger partial charge in [-0.05, 0) is 25.8 Å². The van der Waals surface area contributed by atoms with Gasteiger partial charge < -0.3 is 15.2 Å². The Kier molecular flexibility index (Phi) is 4.78. The van der Waals surface area contributed by atoms with Crippen LogP contribution in [-0.4, -0.2) is 36.9 Å². The lowest BCUT2D eigenvalue weighted by Crippen LogP contribution is -2.35. The highest BCUT2D eigenvalue weighted by molar-refractivity contribution is 5.66. The van der Waals surface area contributed by atoms with Gasteiger partial charge in [-0.25, -0.2) is 0 Å². The van der Waals surface area contributed by atoms with E-state index in [9.17, 15) is 4.79 Å². The highest BCUT2D eigenvalue weighted by Crippen LogP contribution is 2.05. The zero-order valence-electron chi connectivity index (χ0n) is 7.79. The van der Waals surface area contributed by atoms with Gasteiger partial charge in [-0.3, -0.25) is 4.79 Å². The third kappa shape index (κ3) is 4.85. The summed E-state index contributed by atoms with van der Waals surface area (Å²) in [4.78, 5) is 10.2. The highest BCUT2D eigenvalue weighted by atomic mass is 16.5. The molecule has 0 saturated carbocycles. The van der Waals surface area contributed by atoms with E-state index in [0.717, 1.165) is 32.6 Å². The molecule has 0 aromatic carbocycles. The van der Waals surface area contributed by atoms with Gasteiger partial charge in [0.2, 0.25) is 0 Å². The van der Waals surface area contributed by atoms with Crippen LogP contribution >= 0.6 is 0 Å². The largest absolute Gasteiger partial charge is 0.481 e. The zero-order chi connectivity index (χ0) is 9.52. The number of rotatable bonds is 5. The van der Waals surface area contributed by atoms with Gasteiger partial charge in [0.15, 0.2) is 0 Å². The van der Waals surface area contributed by atoms with E-state index in [2.05, 4.69) is 5.32 Å². The van der Waals surface area contributed by atoms with Gasteiger partial charge in [0.1, 0.15) is 0 Å². The van der Waals surface area contributed by atoms with Crippen LogP contribution in [-0.2, 0) is 9.53 Å². The molecule has 0 aromatic heterocycles. The first kappa shape index (κ1) is 10.5. The van der Waals surface area contributed by atoms with E-state index in [1.807, 2.05) is 0 Å². The second-order valence-electron chi connectivity index (χ2n) is 3.34. The summed E-state index contributed by atoms with van der Waals surface area (Å²) in [6, 6.07) is 0.530. The first-order valence-electron chi connectivity index (χ1n) is 4.82. The van der Waals surface area contributed by atoms with Gasteiger partial charge in [0.05, 0.1) is 0 Å². The number of nitrogens with one attached hydrogen (secondary N) is 1. The minimum Gasteiger partial charge on any atom is -0.481 e. The normalized spacial score (nSPS) is 18.8. The van der Waals surface area contributed by atoms with Crippen molar-refractivity contribution in [2.24, 2.45) is 0 Å². The molecule has 1 aliphatic heterocycles. The molecule has 1 rings (SSSR count). The van der Waals surface area contributed by atoms with Gasteiger partial charge in [0, 0.05) is 25.7 Å². The van der Waals surface area contributed by atoms with Gasteiger partial charge in [-0.2, -0.15) is 0 Å². The van der Waals surface area contributed by atoms with Crippen molar-refractivity contribution in [3.8, 4) is 0 Å². The zero-order valence-corrected chi connectivity index (χ0v) is 7.79. The lowest BCUT2D eigenvalue weighted by atomic mass is 10.1. The fourth-order valence-corrected chi connectivity index (χ4v) is 1.45. The van der Waals surface area contributed by atoms with Gasteiger partial charge in [-0.1, -0.05) is 0 Å². The molecular formula is C9H17NO3. The molecule has 4 heteroatoms. The number of carbonyl (C=O) groups is 1. The van der Waals surface area contributed by atoms with E-state index >= 15 is 0 Å². The monoisotopic (exact) mass is 187 g/mol. The van der Waals surface area contributed by atoms with Crippen LogP contribution in [0.5, 0.6) is 0 Å². The average Bonchev–Trinajstić information content (AvgIpc) is 2.14. The van der Waals surface area contributed by atoms with Crippen molar-refractivity contribution in [3.05, 3.63) is 0 Å². The van der Waals surface area contributed by atoms with E-state index in [1.165, 1.54) is 0 Å². The van der Waals surface area contributed by atoms with Crippen LogP contribution in [0.4, 0.5) is 0 Å². The lowest BCUT2D eigenvalue weighted by molar-refractivity contribution is -0.137. The Labute approximate surface area is 78.3 Å². The fourth-order valence-electron chi connectivity index (χ4n) is 1.45. The Morgan fingerprint density at radius 1 is 1.46 bits per heavy atom. The molecule has 1 aliphatic rings. The molecule has 76 valence electrons. The van der Waals surface area contributed by atoms with E-state index < -0.39 is 5.97 Å². The number of carboxylic acid groups (broad SMARTS) is 1. The molecule has 2 N–H and O–H groups in total. The Balaban J connectivity index is 1.95. The van der Waals surface area contributed by atoms with Crippen LogP contribution in [0, 0.1) is 0 Å². The molecule has 0 aromatic rings. The van der Waals surface area contributed by atoms with Crippen molar-refractivity contribution in [1.29, 1.82) is 0 Å². The second-order valence-corrected chi connectivity index (χ2v) is 3.34. The van der Waals surface area contributed by atoms with Crippen molar-refractivity contribution >= 4 is 5.97 Å².